The van der Waals surface area contributed by atoms with Gasteiger partial charge in [-0.25, -0.2) is 0 Å². The zero-order chi connectivity index (χ0) is 20.1. The molecule has 1 heterocycles. The molecule has 4 nitrogen and oxygen atoms in total. The lowest BCUT2D eigenvalue weighted by Gasteiger charge is -2.32. The first-order valence-corrected chi connectivity index (χ1v) is 10.5. The first-order chi connectivity index (χ1) is 13.4. The molecule has 0 radical (unpaired) electrons. The normalized spacial score (nSPS) is 15.4. The zero-order valence-electron chi connectivity index (χ0n) is 15.1. The highest BCUT2D eigenvalue weighted by atomic mass is 35.5. The molecule has 2 aromatic carbocycles. The Morgan fingerprint density at radius 1 is 0.964 bits per heavy atom. The van der Waals surface area contributed by atoms with Crippen LogP contribution >= 0.6 is 46.4 Å². The van der Waals surface area contributed by atoms with E-state index in [4.69, 9.17) is 51.1 Å². The minimum atomic E-state index is -0.156. The lowest BCUT2D eigenvalue weighted by molar-refractivity contribution is 0.0905. The van der Waals surface area contributed by atoms with E-state index in [0.717, 1.165) is 38.2 Å². The third-order valence-electron chi connectivity index (χ3n) is 4.62. The summed E-state index contributed by atoms with van der Waals surface area (Å²) in [5.74, 6) is 0.582. The average Bonchev–Trinajstić information content (AvgIpc) is 2.68. The van der Waals surface area contributed by atoms with Crippen molar-refractivity contribution in [3.8, 4) is 5.75 Å². The zero-order valence-corrected chi connectivity index (χ0v) is 18.1. The molecule has 0 bridgehead atoms. The number of rotatable bonds is 6. The Morgan fingerprint density at radius 3 is 2.25 bits per heavy atom. The van der Waals surface area contributed by atoms with Crippen molar-refractivity contribution in [1.82, 2.24) is 10.2 Å². The van der Waals surface area contributed by atoms with Gasteiger partial charge < -0.3 is 15.0 Å². The minimum Gasteiger partial charge on any atom is -0.490 e. The van der Waals surface area contributed by atoms with E-state index in [2.05, 4.69) is 10.2 Å². The van der Waals surface area contributed by atoms with E-state index in [9.17, 15) is 4.79 Å². The summed E-state index contributed by atoms with van der Waals surface area (Å²) in [6.45, 7) is 3.17. The van der Waals surface area contributed by atoms with Gasteiger partial charge in [-0.1, -0.05) is 46.4 Å². The lowest BCUT2D eigenvalue weighted by atomic mass is 10.1. The van der Waals surface area contributed by atoms with Crippen molar-refractivity contribution in [1.29, 1.82) is 0 Å². The molecule has 0 spiro atoms. The topological polar surface area (TPSA) is 41.6 Å². The van der Waals surface area contributed by atoms with E-state index in [1.54, 1.807) is 30.3 Å². The van der Waals surface area contributed by atoms with Crippen molar-refractivity contribution < 1.29 is 9.53 Å². The molecule has 0 saturated carbocycles. The van der Waals surface area contributed by atoms with Crippen LogP contribution < -0.4 is 10.1 Å². The van der Waals surface area contributed by atoms with Gasteiger partial charge in [0.2, 0.25) is 0 Å². The number of ether oxygens (including phenoxy) is 1. The van der Waals surface area contributed by atoms with Crippen LogP contribution in [0.4, 0.5) is 0 Å². The summed E-state index contributed by atoms with van der Waals surface area (Å²) in [6, 6.07) is 10.2. The second-order valence-electron chi connectivity index (χ2n) is 6.62. The fourth-order valence-electron chi connectivity index (χ4n) is 3.06. The van der Waals surface area contributed by atoms with Crippen molar-refractivity contribution in [2.24, 2.45) is 0 Å². The van der Waals surface area contributed by atoms with Crippen molar-refractivity contribution in [3.63, 3.8) is 0 Å². The van der Waals surface area contributed by atoms with Gasteiger partial charge in [-0.3, -0.25) is 4.79 Å². The monoisotopic (exact) mass is 460 g/mol. The lowest BCUT2D eigenvalue weighted by Crippen LogP contribution is -2.42. The van der Waals surface area contributed by atoms with Crippen LogP contribution in [0.5, 0.6) is 5.75 Å². The molecule has 150 valence electrons. The Bertz CT molecular complexity index is 839. The number of piperidine rings is 1. The third kappa shape index (κ3) is 5.91. The quantitative estimate of drug-likeness (QED) is 0.610. The van der Waals surface area contributed by atoms with Gasteiger partial charge in [0.15, 0.2) is 0 Å². The van der Waals surface area contributed by atoms with E-state index in [0.29, 0.717) is 32.2 Å². The second kappa shape index (κ2) is 10.0. The number of carbonyl (C=O) groups is 1. The number of likely N-dealkylation sites (tertiary alicyclic amines) is 1. The van der Waals surface area contributed by atoms with E-state index in [1.807, 2.05) is 6.07 Å². The van der Waals surface area contributed by atoms with Crippen molar-refractivity contribution in [2.75, 3.05) is 26.2 Å². The van der Waals surface area contributed by atoms with Crippen molar-refractivity contribution in [2.45, 2.75) is 18.9 Å². The Labute approximate surface area is 184 Å². The van der Waals surface area contributed by atoms with Crippen molar-refractivity contribution >= 4 is 52.3 Å². The summed E-state index contributed by atoms with van der Waals surface area (Å²) in [7, 11) is 0. The van der Waals surface area contributed by atoms with Crippen LogP contribution in [0, 0.1) is 0 Å². The molecule has 8 heteroatoms. The van der Waals surface area contributed by atoms with Crippen LogP contribution in [0.1, 0.15) is 23.2 Å². The summed E-state index contributed by atoms with van der Waals surface area (Å²) in [4.78, 5) is 14.5. The molecule has 2 aromatic rings. The highest BCUT2D eigenvalue weighted by Crippen LogP contribution is 2.28. The predicted octanol–water partition coefficient (Wildman–Crippen LogP) is 5.57. The van der Waals surface area contributed by atoms with E-state index in [-0.39, 0.29) is 12.0 Å². The standard InChI is InChI=1S/C20H20Cl4N2O2/c21-16-3-1-13(11-18(16)23)20(27)25-7-10-26-8-5-14(6-9-26)28-15-2-4-17(22)19(24)12-15/h1-4,11-12,14H,5-10H2,(H,25,27). The molecule has 0 aromatic heterocycles. The van der Waals surface area contributed by atoms with E-state index in [1.165, 1.54) is 0 Å². The summed E-state index contributed by atoms with van der Waals surface area (Å²) < 4.78 is 6.00. The van der Waals surface area contributed by atoms with Crippen LogP contribution in [-0.2, 0) is 0 Å². The highest BCUT2D eigenvalue weighted by molar-refractivity contribution is 6.42. The van der Waals surface area contributed by atoms with Crippen LogP contribution in [0.25, 0.3) is 0 Å². The smallest absolute Gasteiger partial charge is 0.251 e. The maximum atomic E-state index is 12.2. The maximum absolute atomic E-state index is 12.2. The van der Waals surface area contributed by atoms with Crippen LogP contribution in [0.2, 0.25) is 20.1 Å². The number of halogens is 4. The molecule has 28 heavy (non-hydrogen) atoms. The van der Waals surface area contributed by atoms with Gasteiger partial charge in [-0.2, -0.15) is 0 Å². The number of carbonyl (C=O) groups excluding carboxylic acids is 1. The highest BCUT2D eigenvalue weighted by Gasteiger charge is 2.20. The molecular formula is C20H20Cl4N2O2. The van der Waals surface area contributed by atoms with Crippen LogP contribution in [-0.4, -0.2) is 43.1 Å². The van der Waals surface area contributed by atoms with E-state index < -0.39 is 0 Å². The largest absolute Gasteiger partial charge is 0.490 e. The summed E-state index contributed by atoms with van der Waals surface area (Å²) in [6.07, 6.45) is 1.99. The molecule has 1 aliphatic rings. The number of hydrogen-bond acceptors (Lipinski definition) is 3. The molecule has 0 unspecified atom stereocenters. The number of nitrogens with one attached hydrogen (secondary N) is 1. The van der Waals surface area contributed by atoms with Gasteiger partial charge in [0.05, 0.1) is 20.1 Å². The summed E-state index contributed by atoms with van der Waals surface area (Å²) in [5, 5.41) is 4.74. The number of benzene rings is 2. The SMILES string of the molecule is O=C(NCCN1CCC(Oc2ccc(Cl)c(Cl)c2)CC1)c1ccc(Cl)c(Cl)c1. The molecule has 1 saturated heterocycles. The van der Waals surface area contributed by atoms with Gasteiger partial charge in [0.1, 0.15) is 11.9 Å². The van der Waals surface area contributed by atoms with Gasteiger partial charge in [-0.05, 0) is 43.2 Å². The van der Waals surface area contributed by atoms with Crippen LogP contribution in [0.15, 0.2) is 36.4 Å². The molecule has 1 fully saturated rings. The van der Waals surface area contributed by atoms with Crippen molar-refractivity contribution in [3.05, 3.63) is 62.1 Å². The maximum Gasteiger partial charge on any atom is 0.251 e. The molecule has 1 N–H and O–H groups in total. The average molecular weight is 462 g/mol. The molecular weight excluding hydrogens is 442 g/mol. The Kier molecular flexibility index (Phi) is 7.72. The number of hydrogen-bond donors (Lipinski definition) is 1. The molecule has 0 atom stereocenters. The molecule has 1 amide bonds. The number of amides is 1. The first kappa shape index (κ1) is 21.5. The third-order valence-corrected chi connectivity index (χ3v) is 6.10. The fraction of sp³-hybridized carbons (Fsp3) is 0.350. The van der Waals surface area contributed by atoms with Gasteiger partial charge in [-0.15, -0.1) is 0 Å². The second-order valence-corrected chi connectivity index (χ2v) is 8.25. The van der Waals surface area contributed by atoms with Gasteiger partial charge in [0, 0.05) is 37.8 Å². The molecule has 1 aliphatic heterocycles. The molecule has 0 aliphatic carbocycles. The van der Waals surface area contributed by atoms with Gasteiger partial charge in [0.25, 0.3) is 5.91 Å². The van der Waals surface area contributed by atoms with Crippen LogP contribution in [0.3, 0.4) is 0 Å². The van der Waals surface area contributed by atoms with Gasteiger partial charge >= 0.3 is 0 Å². The Morgan fingerprint density at radius 2 is 1.61 bits per heavy atom. The number of nitrogens with zero attached hydrogens (tertiary/aromatic N) is 1. The minimum absolute atomic E-state index is 0.152. The summed E-state index contributed by atoms with van der Waals surface area (Å²) in [5.41, 5.74) is 0.503. The van der Waals surface area contributed by atoms with E-state index >= 15 is 0 Å². The fourth-order valence-corrected chi connectivity index (χ4v) is 3.65. The Balaban J connectivity index is 1.39. The summed E-state index contributed by atoms with van der Waals surface area (Å²) >= 11 is 23.8. The molecule has 3 rings (SSSR count). The Hall–Kier alpha value is -1.17. The predicted molar refractivity (Wildman–Crippen MR) is 115 cm³/mol. The first-order valence-electron chi connectivity index (χ1n) is 8.99.